The third-order valence-electron chi connectivity index (χ3n) is 6.23. The predicted molar refractivity (Wildman–Crippen MR) is 121 cm³/mol. The number of rotatable bonds is 7. The Morgan fingerprint density at radius 2 is 2.03 bits per heavy atom. The number of carbonyl (C=O) groups is 1. The van der Waals surface area contributed by atoms with Crippen LogP contribution in [0.2, 0.25) is 0 Å². The highest BCUT2D eigenvalue weighted by Gasteiger charge is 2.25. The standard InChI is InChI=1S/C24H33N3O4/c1-2-30-20-10-11-22-17(14-20)13-18(23(28)26-22)15-27(16-21-9-6-12-31-21)24(29)25-19-7-4-3-5-8-19/h10-11,13-14,19,21H,2-9,12,15-16H2,1H3,(H,25,29)(H,26,28). The number of aromatic nitrogens is 1. The first-order valence-corrected chi connectivity index (χ1v) is 11.6. The minimum Gasteiger partial charge on any atom is -0.494 e. The van der Waals surface area contributed by atoms with Crippen LogP contribution < -0.4 is 15.6 Å². The van der Waals surface area contributed by atoms with E-state index in [1.807, 2.05) is 31.2 Å². The Hall–Kier alpha value is -2.54. The van der Waals surface area contributed by atoms with E-state index in [1.54, 1.807) is 4.90 Å². The lowest BCUT2D eigenvalue weighted by Crippen LogP contribution is -2.48. The molecule has 2 N–H and O–H groups in total. The number of benzene rings is 1. The Balaban J connectivity index is 1.55. The molecule has 1 aliphatic carbocycles. The van der Waals surface area contributed by atoms with Gasteiger partial charge in [0.2, 0.25) is 0 Å². The zero-order chi connectivity index (χ0) is 21.6. The highest BCUT2D eigenvalue weighted by atomic mass is 16.5. The fourth-order valence-electron chi connectivity index (χ4n) is 4.58. The average molecular weight is 428 g/mol. The summed E-state index contributed by atoms with van der Waals surface area (Å²) in [4.78, 5) is 30.6. The maximum absolute atomic E-state index is 13.1. The molecule has 1 unspecified atom stereocenters. The average Bonchev–Trinajstić information content (AvgIpc) is 3.28. The first-order valence-electron chi connectivity index (χ1n) is 11.6. The van der Waals surface area contributed by atoms with Gasteiger partial charge in [-0.05, 0) is 56.9 Å². The molecule has 168 valence electrons. The van der Waals surface area contributed by atoms with Crippen LogP contribution in [0.25, 0.3) is 10.9 Å². The molecule has 7 nitrogen and oxygen atoms in total. The van der Waals surface area contributed by atoms with Gasteiger partial charge in [0, 0.05) is 35.7 Å². The molecule has 1 aromatic carbocycles. The van der Waals surface area contributed by atoms with E-state index < -0.39 is 0 Å². The molecule has 1 aliphatic heterocycles. The largest absolute Gasteiger partial charge is 0.494 e. The van der Waals surface area contributed by atoms with E-state index in [4.69, 9.17) is 9.47 Å². The third-order valence-corrected chi connectivity index (χ3v) is 6.23. The minimum atomic E-state index is -0.167. The van der Waals surface area contributed by atoms with Gasteiger partial charge in [-0.2, -0.15) is 0 Å². The van der Waals surface area contributed by atoms with E-state index in [-0.39, 0.29) is 30.3 Å². The van der Waals surface area contributed by atoms with E-state index in [1.165, 1.54) is 6.42 Å². The fraction of sp³-hybridized carbons (Fsp3) is 0.583. The lowest BCUT2D eigenvalue weighted by molar-refractivity contribution is 0.0784. The summed E-state index contributed by atoms with van der Waals surface area (Å²) in [6.45, 7) is 4.01. The molecule has 2 aromatic rings. The van der Waals surface area contributed by atoms with Gasteiger partial charge in [0.05, 0.1) is 19.3 Å². The van der Waals surface area contributed by atoms with Gasteiger partial charge in [0.25, 0.3) is 5.56 Å². The number of pyridine rings is 1. The van der Waals surface area contributed by atoms with Gasteiger partial charge >= 0.3 is 6.03 Å². The molecule has 31 heavy (non-hydrogen) atoms. The number of ether oxygens (including phenoxy) is 2. The highest BCUT2D eigenvalue weighted by Crippen LogP contribution is 2.21. The number of nitrogens with zero attached hydrogens (tertiary/aromatic N) is 1. The van der Waals surface area contributed by atoms with E-state index in [0.29, 0.717) is 18.7 Å². The summed E-state index contributed by atoms with van der Waals surface area (Å²) in [7, 11) is 0. The maximum Gasteiger partial charge on any atom is 0.318 e. The first-order chi connectivity index (χ1) is 15.1. The molecule has 1 saturated carbocycles. The van der Waals surface area contributed by atoms with Gasteiger partial charge in [-0.25, -0.2) is 4.79 Å². The summed E-state index contributed by atoms with van der Waals surface area (Å²) in [5, 5.41) is 4.09. The van der Waals surface area contributed by atoms with Crippen LogP contribution in [0.5, 0.6) is 5.75 Å². The van der Waals surface area contributed by atoms with E-state index in [9.17, 15) is 9.59 Å². The highest BCUT2D eigenvalue weighted by molar-refractivity contribution is 5.81. The van der Waals surface area contributed by atoms with Crippen molar-refractivity contribution >= 4 is 16.9 Å². The number of hydrogen-bond acceptors (Lipinski definition) is 4. The topological polar surface area (TPSA) is 83.7 Å². The summed E-state index contributed by atoms with van der Waals surface area (Å²) in [5.74, 6) is 0.763. The molecule has 0 spiro atoms. The first kappa shape index (κ1) is 21.7. The zero-order valence-electron chi connectivity index (χ0n) is 18.3. The minimum absolute atomic E-state index is 0.0289. The van der Waals surface area contributed by atoms with Crippen molar-refractivity contribution < 1.29 is 14.3 Å². The zero-order valence-corrected chi connectivity index (χ0v) is 18.3. The molecule has 1 atom stereocenters. The van der Waals surface area contributed by atoms with Gasteiger partial charge < -0.3 is 24.7 Å². The van der Waals surface area contributed by atoms with Gasteiger partial charge in [-0.15, -0.1) is 0 Å². The molecule has 7 heteroatoms. The van der Waals surface area contributed by atoms with Crippen molar-refractivity contribution in [2.75, 3.05) is 19.8 Å². The number of hydrogen-bond donors (Lipinski definition) is 2. The fourth-order valence-corrected chi connectivity index (χ4v) is 4.58. The van der Waals surface area contributed by atoms with Crippen LogP contribution in [0.1, 0.15) is 57.4 Å². The van der Waals surface area contributed by atoms with Gasteiger partial charge in [0.15, 0.2) is 0 Å². The Kier molecular flexibility index (Phi) is 7.12. The summed E-state index contributed by atoms with van der Waals surface area (Å²) in [6, 6.07) is 7.60. The van der Waals surface area contributed by atoms with Crippen molar-refractivity contribution in [2.24, 2.45) is 0 Å². The van der Waals surface area contributed by atoms with Gasteiger partial charge in [-0.3, -0.25) is 4.79 Å². The SMILES string of the molecule is CCOc1ccc2[nH]c(=O)c(CN(CC3CCCO3)C(=O)NC3CCCCC3)cc2c1. The van der Waals surface area contributed by atoms with Crippen LogP contribution in [-0.4, -0.2) is 47.8 Å². The molecular formula is C24H33N3O4. The molecule has 1 aromatic heterocycles. The van der Waals surface area contributed by atoms with E-state index in [0.717, 1.165) is 61.8 Å². The second-order valence-electron chi connectivity index (χ2n) is 8.61. The van der Waals surface area contributed by atoms with Gasteiger partial charge in [0.1, 0.15) is 5.75 Å². The Morgan fingerprint density at radius 3 is 2.77 bits per heavy atom. The molecule has 0 radical (unpaired) electrons. The van der Waals surface area contributed by atoms with Crippen molar-refractivity contribution in [3.63, 3.8) is 0 Å². The second kappa shape index (κ2) is 10.2. The lowest BCUT2D eigenvalue weighted by atomic mass is 9.96. The smallest absolute Gasteiger partial charge is 0.318 e. The van der Waals surface area contributed by atoms with Crippen molar-refractivity contribution in [1.29, 1.82) is 0 Å². The predicted octanol–water partition coefficient (Wildman–Crippen LogP) is 3.95. The number of carbonyl (C=O) groups excluding carboxylic acids is 1. The second-order valence-corrected chi connectivity index (χ2v) is 8.61. The van der Waals surface area contributed by atoms with Crippen molar-refractivity contribution in [3.05, 3.63) is 40.2 Å². The van der Waals surface area contributed by atoms with Crippen LogP contribution in [-0.2, 0) is 11.3 Å². The molecule has 2 amide bonds. The molecule has 2 aliphatic rings. The van der Waals surface area contributed by atoms with E-state index >= 15 is 0 Å². The quantitative estimate of drug-likeness (QED) is 0.701. The monoisotopic (exact) mass is 427 g/mol. The maximum atomic E-state index is 13.1. The third kappa shape index (κ3) is 5.58. The summed E-state index contributed by atoms with van der Waals surface area (Å²) >= 11 is 0. The number of nitrogens with one attached hydrogen (secondary N) is 2. The van der Waals surface area contributed by atoms with Gasteiger partial charge in [-0.1, -0.05) is 19.3 Å². The number of fused-ring (bicyclic) bond motifs is 1. The normalized spacial score (nSPS) is 19.5. The van der Waals surface area contributed by atoms with Crippen LogP contribution >= 0.6 is 0 Å². The number of aromatic amines is 1. The number of amides is 2. The molecule has 2 fully saturated rings. The Morgan fingerprint density at radius 1 is 1.19 bits per heavy atom. The number of H-pyrrole nitrogens is 1. The summed E-state index contributed by atoms with van der Waals surface area (Å²) in [5.41, 5.74) is 1.16. The number of urea groups is 1. The summed E-state index contributed by atoms with van der Waals surface area (Å²) < 4.78 is 11.4. The van der Waals surface area contributed by atoms with Crippen molar-refractivity contribution in [1.82, 2.24) is 15.2 Å². The Labute approximate surface area is 183 Å². The Bertz CT molecular complexity index is 945. The lowest BCUT2D eigenvalue weighted by Gasteiger charge is -2.29. The van der Waals surface area contributed by atoms with E-state index in [2.05, 4.69) is 10.3 Å². The van der Waals surface area contributed by atoms with Crippen molar-refractivity contribution in [2.45, 2.75) is 70.6 Å². The molecule has 4 rings (SSSR count). The molecule has 2 heterocycles. The van der Waals surface area contributed by atoms with Crippen LogP contribution in [0.15, 0.2) is 29.1 Å². The molecular weight excluding hydrogens is 394 g/mol. The molecule has 1 saturated heterocycles. The summed E-state index contributed by atoms with van der Waals surface area (Å²) in [6.07, 6.45) is 7.58. The van der Waals surface area contributed by atoms with Crippen LogP contribution in [0.3, 0.4) is 0 Å². The van der Waals surface area contributed by atoms with Crippen LogP contribution in [0.4, 0.5) is 4.79 Å². The van der Waals surface area contributed by atoms with Crippen molar-refractivity contribution in [3.8, 4) is 5.75 Å². The van der Waals surface area contributed by atoms with Crippen LogP contribution in [0, 0.1) is 0 Å². The molecule has 0 bridgehead atoms.